The molecule has 1 unspecified atom stereocenters. The molecule has 1 aliphatic rings. The third-order valence-electron chi connectivity index (χ3n) is 3.99. The number of likely N-dealkylation sites (tertiary alicyclic amines) is 1. The number of aromatic carboxylic acids is 1. The molecule has 0 bridgehead atoms. The molecule has 3 rings (SSSR count). The Labute approximate surface area is 144 Å². The second-order valence-corrected chi connectivity index (χ2v) is 6.84. The summed E-state index contributed by atoms with van der Waals surface area (Å²) in [6, 6.07) is 14.7. The minimum Gasteiger partial charge on any atom is -0.477 e. The molecule has 0 radical (unpaired) electrons. The summed E-state index contributed by atoms with van der Waals surface area (Å²) in [6.45, 7) is 1.38. The number of hydrogen-bond donors (Lipinski definition) is 1. The number of carbonyl (C=O) groups is 2. The van der Waals surface area contributed by atoms with Crippen molar-refractivity contribution in [3.05, 3.63) is 59.9 Å². The van der Waals surface area contributed by atoms with E-state index in [0.29, 0.717) is 19.0 Å². The Hall–Kier alpha value is -2.34. The normalized spacial score (nSPS) is 17.0. The van der Waals surface area contributed by atoms with E-state index in [1.807, 2.05) is 18.2 Å². The van der Waals surface area contributed by atoms with Gasteiger partial charge in [-0.25, -0.2) is 9.78 Å². The van der Waals surface area contributed by atoms with Crippen molar-refractivity contribution in [3.63, 3.8) is 0 Å². The number of benzene rings is 1. The van der Waals surface area contributed by atoms with E-state index >= 15 is 0 Å². The molecule has 1 N–H and O–H groups in total. The molecule has 1 saturated heterocycles. The maximum atomic E-state index is 12.5. The number of rotatable bonds is 5. The van der Waals surface area contributed by atoms with Crippen molar-refractivity contribution in [3.8, 4) is 0 Å². The predicted molar refractivity (Wildman–Crippen MR) is 92.4 cm³/mol. The topological polar surface area (TPSA) is 70.5 Å². The predicted octanol–water partition coefficient (Wildman–Crippen LogP) is 3.03. The van der Waals surface area contributed by atoms with Crippen molar-refractivity contribution >= 4 is 23.6 Å². The summed E-state index contributed by atoms with van der Waals surface area (Å²) >= 11 is 1.80. The molecule has 1 aromatic carbocycles. The molecule has 1 fully saturated rings. The highest BCUT2D eigenvalue weighted by Gasteiger charge is 2.28. The van der Waals surface area contributed by atoms with Crippen molar-refractivity contribution < 1.29 is 14.7 Å². The van der Waals surface area contributed by atoms with Crippen molar-refractivity contribution in [2.45, 2.75) is 11.3 Å². The number of carboxylic acid groups (broad SMARTS) is 1. The monoisotopic (exact) mass is 342 g/mol. The molecule has 2 aromatic rings. The van der Waals surface area contributed by atoms with Crippen LogP contribution in [0, 0.1) is 5.92 Å². The van der Waals surface area contributed by atoms with Crippen molar-refractivity contribution in [2.75, 3.05) is 18.8 Å². The average molecular weight is 342 g/mol. The van der Waals surface area contributed by atoms with E-state index in [2.05, 4.69) is 17.1 Å². The van der Waals surface area contributed by atoms with Crippen LogP contribution >= 0.6 is 11.8 Å². The van der Waals surface area contributed by atoms with Gasteiger partial charge in [-0.05, 0) is 36.6 Å². The number of carboxylic acids is 1. The molecule has 0 saturated carbocycles. The molecule has 1 atom stereocenters. The van der Waals surface area contributed by atoms with Crippen LogP contribution in [-0.4, -0.2) is 45.7 Å². The van der Waals surface area contributed by atoms with Crippen LogP contribution in [0.5, 0.6) is 0 Å². The summed E-state index contributed by atoms with van der Waals surface area (Å²) in [7, 11) is 0. The van der Waals surface area contributed by atoms with Gasteiger partial charge in [-0.15, -0.1) is 11.8 Å². The lowest BCUT2D eigenvalue weighted by atomic mass is 10.2. The fourth-order valence-corrected chi connectivity index (χ4v) is 3.77. The third kappa shape index (κ3) is 3.94. The van der Waals surface area contributed by atoms with E-state index in [4.69, 9.17) is 5.11 Å². The number of hydrogen-bond acceptors (Lipinski definition) is 4. The molecular weight excluding hydrogens is 324 g/mol. The molecule has 1 amide bonds. The first kappa shape index (κ1) is 16.5. The van der Waals surface area contributed by atoms with Crippen LogP contribution in [0.25, 0.3) is 0 Å². The van der Waals surface area contributed by atoms with Gasteiger partial charge in [0, 0.05) is 23.7 Å². The summed E-state index contributed by atoms with van der Waals surface area (Å²) in [5, 5.41) is 8.99. The maximum absolute atomic E-state index is 12.5. The lowest BCUT2D eigenvalue weighted by Gasteiger charge is -2.16. The molecule has 0 spiro atoms. The Morgan fingerprint density at radius 3 is 2.62 bits per heavy atom. The van der Waals surface area contributed by atoms with Gasteiger partial charge in [0.1, 0.15) is 11.4 Å². The quantitative estimate of drug-likeness (QED) is 0.846. The second-order valence-electron chi connectivity index (χ2n) is 5.74. The zero-order valence-electron chi connectivity index (χ0n) is 13.1. The largest absolute Gasteiger partial charge is 0.477 e. The second kappa shape index (κ2) is 7.49. The maximum Gasteiger partial charge on any atom is 0.354 e. The van der Waals surface area contributed by atoms with Crippen LogP contribution in [-0.2, 0) is 0 Å². The number of nitrogens with zero attached hydrogens (tertiary/aromatic N) is 2. The zero-order valence-corrected chi connectivity index (χ0v) is 13.9. The number of amides is 1. The van der Waals surface area contributed by atoms with Gasteiger partial charge in [0.15, 0.2) is 0 Å². The Morgan fingerprint density at radius 2 is 1.88 bits per heavy atom. The first-order chi connectivity index (χ1) is 11.6. The van der Waals surface area contributed by atoms with Gasteiger partial charge in [0.2, 0.25) is 0 Å². The molecule has 124 valence electrons. The first-order valence-corrected chi connectivity index (χ1v) is 8.79. The number of pyridine rings is 1. The molecule has 5 nitrogen and oxygen atoms in total. The minimum atomic E-state index is -1.12. The van der Waals surface area contributed by atoms with Crippen LogP contribution in [0.1, 0.15) is 27.4 Å². The molecule has 6 heteroatoms. The van der Waals surface area contributed by atoms with E-state index < -0.39 is 5.97 Å². The van der Waals surface area contributed by atoms with E-state index in [1.54, 1.807) is 28.8 Å². The van der Waals surface area contributed by atoms with Crippen LogP contribution < -0.4 is 0 Å². The standard InChI is InChI=1S/C18H18N2O3S/c21-17(15-7-4-8-16(19-15)18(22)23)20-10-9-13(11-20)12-24-14-5-2-1-3-6-14/h1-8,13H,9-12H2,(H,22,23). The summed E-state index contributed by atoms with van der Waals surface area (Å²) < 4.78 is 0. The summed E-state index contributed by atoms with van der Waals surface area (Å²) in [5.41, 5.74) is 0.0995. The lowest BCUT2D eigenvalue weighted by Crippen LogP contribution is -2.30. The molecule has 2 heterocycles. The zero-order chi connectivity index (χ0) is 16.9. The van der Waals surface area contributed by atoms with Gasteiger partial charge in [-0.1, -0.05) is 24.3 Å². The Kier molecular flexibility index (Phi) is 5.15. The van der Waals surface area contributed by atoms with Gasteiger partial charge in [0.25, 0.3) is 5.91 Å². The average Bonchev–Trinajstić information content (AvgIpc) is 3.09. The van der Waals surface area contributed by atoms with Crippen LogP contribution in [0.4, 0.5) is 0 Å². The highest BCUT2D eigenvalue weighted by atomic mass is 32.2. The van der Waals surface area contributed by atoms with Gasteiger partial charge in [-0.2, -0.15) is 0 Å². The number of aromatic nitrogens is 1. The Bertz CT molecular complexity index is 736. The third-order valence-corrected chi connectivity index (χ3v) is 5.23. The molecule has 1 aromatic heterocycles. The smallest absolute Gasteiger partial charge is 0.354 e. The van der Waals surface area contributed by atoms with Gasteiger partial charge in [-0.3, -0.25) is 4.79 Å². The van der Waals surface area contributed by atoms with Crippen LogP contribution in [0.15, 0.2) is 53.4 Å². The highest BCUT2D eigenvalue weighted by Crippen LogP contribution is 2.26. The number of carbonyl (C=O) groups excluding carboxylic acids is 1. The fourth-order valence-electron chi connectivity index (χ4n) is 2.72. The first-order valence-electron chi connectivity index (χ1n) is 7.81. The summed E-state index contributed by atoms with van der Waals surface area (Å²) in [4.78, 5) is 30.4. The molecule has 24 heavy (non-hydrogen) atoms. The molecule has 1 aliphatic heterocycles. The molecular formula is C18H18N2O3S. The van der Waals surface area contributed by atoms with Gasteiger partial charge in [0.05, 0.1) is 0 Å². The molecule has 0 aliphatic carbocycles. The van der Waals surface area contributed by atoms with Crippen LogP contribution in [0.3, 0.4) is 0 Å². The highest BCUT2D eigenvalue weighted by molar-refractivity contribution is 7.99. The van der Waals surface area contributed by atoms with E-state index in [1.165, 1.54) is 11.0 Å². The van der Waals surface area contributed by atoms with Gasteiger partial charge >= 0.3 is 5.97 Å². The number of thioether (sulfide) groups is 1. The van der Waals surface area contributed by atoms with Crippen LogP contribution in [0.2, 0.25) is 0 Å². The van der Waals surface area contributed by atoms with E-state index in [-0.39, 0.29) is 17.3 Å². The van der Waals surface area contributed by atoms with Gasteiger partial charge < -0.3 is 10.0 Å². The summed E-state index contributed by atoms with van der Waals surface area (Å²) in [5.74, 6) is 0.103. The fraction of sp³-hybridized carbons (Fsp3) is 0.278. The minimum absolute atomic E-state index is 0.101. The SMILES string of the molecule is O=C(O)c1cccc(C(=O)N2CCC(CSc3ccccc3)C2)n1. The van der Waals surface area contributed by atoms with E-state index in [9.17, 15) is 9.59 Å². The lowest BCUT2D eigenvalue weighted by molar-refractivity contribution is 0.0690. The Balaban J connectivity index is 1.58. The van der Waals surface area contributed by atoms with E-state index in [0.717, 1.165) is 12.2 Å². The van der Waals surface area contributed by atoms with Crippen molar-refractivity contribution in [1.29, 1.82) is 0 Å². The van der Waals surface area contributed by atoms with Crippen molar-refractivity contribution in [1.82, 2.24) is 9.88 Å². The summed E-state index contributed by atoms with van der Waals surface area (Å²) in [6.07, 6.45) is 0.962. The Morgan fingerprint density at radius 1 is 1.12 bits per heavy atom. The van der Waals surface area contributed by atoms with Crippen molar-refractivity contribution in [2.24, 2.45) is 5.92 Å².